The predicted molar refractivity (Wildman–Crippen MR) is 385 cm³/mol. The number of anilines is 6. The molecule has 13 aromatic carbocycles. The average molecular weight is 1170 g/mol. The van der Waals surface area contributed by atoms with Gasteiger partial charge in [-0.25, -0.2) is 0 Å². The molecule has 4 aliphatic rings. The summed E-state index contributed by atoms with van der Waals surface area (Å²) in [5, 5.41) is 0. The molecule has 3 heteroatoms. The molecule has 2 heterocycles. The van der Waals surface area contributed by atoms with Crippen LogP contribution in [0.1, 0.15) is 97.9 Å². The van der Waals surface area contributed by atoms with E-state index in [1.165, 1.54) is 162 Å². The van der Waals surface area contributed by atoms with Gasteiger partial charge in [0.25, 0.3) is 6.71 Å². The monoisotopic (exact) mass is 1160 g/mol. The SMILES string of the molecule is CC(C)(C)c1cc(-c2ccccc2)c(N2c3cc(C4c5ccccc5-c5ccccc54)ccc3B3c4ccc(C5c6ccccc6-c6ccccc65)cc4N(c4c(-c5ccccc5)cc(C(C)(C)C)cc4-c4ccccc4)c4cccc2c43)c(-c2ccccc2)c1. The molecule has 0 bridgehead atoms. The highest BCUT2D eigenvalue weighted by molar-refractivity contribution is 7.00. The molecule has 2 aliphatic carbocycles. The van der Waals surface area contributed by atoms with Crippen LogP contribution >= 0.6 is 0 Å². The van der Waals surface area contributed by atoms with Gasteiger partial charge in [-0.3, -0.25) is 0 Å². The number of rotatable bonds is 8. The van der Waals surface area contributed by atoms with Crippen molar-refractivity contribution in [2.45, 2.75) is 64.2 Å². The zero-order valence-electron chi connectivity index (χ0n) is 52.4. The van der Waals surface area contributed by atoms with E-state index in [1.807, 2.05) is 0 Å². The summed E-state index contributed by atoms with van der Waals surface area (Å²) in [6.07, 6.45) is 0. The highest BCUT2D eigenvalue weighted by Crippen LogP contribution is 2.57. The first-order valence-electron chi connectivity index (χ1n) is 32.4. The van der Waals surface area contributed by atoms with Crippen LogP contribution in [0.3, 0.4) is 0 Å². The Hall–Kier alpha value is -10.5. The summed E-state index contributed by atoms with van der Waals surface area (Å²) in [6, 6.07) is 114. The Balaban J connectivity index is 1.02. The molecule has 0 N–H and O–H groups in total. The summed E-state index contributed by atoms with van der Waals surface area (Å²) in [5.74, 6) is 0.0750. The molecule has 0 amide bonds. The second-order valence-corrected chi connectivity index (χ2v) is 27.5. The lowest BCUT2D eigenvalue weighted by Crippen LogP contribution is -2.61. The van der Waals surface area contributed by atoms with E-state index < -0.39 is 0 Å². The van der Waals surface area contributed by atoms with Crippen molar-refractivity contribution in [1.29, 1.82) is 0 Å². The number of nitrogens with zero attached hydrogens (tertiary/aromatic N) is 2. The van der Waals surface area contributed by atoms with E-state index in [9.17, 15) is 0 Å². The van der Waals surface area contributed by atoms with Crippen molar-refractivity contribution in [3.8, 4) is 66.8 Å². The predicted octanol–water partition coefficient (Wildman–Crippen LogP) is 21.4. The Labute approximate surface area is 536 Å². The first-order chi connectivity index (χ1) is 44.5. The zero-order chi connectivity index (χ0) is 61.3. The number of benzene rings is 13. The van der Waals surface area contributed by atoms with Gasteiger partial charge in [-0.2, -0.15) is 0 Å². The molecule has 17 rings (SSSR count). The van der Waals surface area contributed by atoms with Gasteiger partial charge in [-0.05, 0) is 165 Å². The molecule has 0 saturated carbocycles. The molecular weight excluding hydrogens is 1100 g/mol. The minimum Gasteiger partial charge on any atom is -0.310 e. The lowest BCUT2D eigenvalue weighted by Gasteiger charge is -2.46. The Morgan fingerprint density at radius 1 is 0.264 bits per heavy atom. The molecule has 91 heavy (non-hydrogen) atoms. The fraction of sp³-hybridized carbons (Fsp3) is 0.114. The molecule has 0 aromatic heterocycles. The van der Waals surface area contributed by atoms with E-state index in [0.717, 1.165) is 0 Å². The van der Waals surface area contributed by atoms with E-state index in [1.54, 1.807) is 0 Å². The van der Waals surface area contributed by atoms with Crippen LogP contribution in [-0.2, 0) is 10.8 Å². The van der Waals surface area contributed by atoms with Gasteiger partial charge < -0.3 is 9.80 Å². The maximum absolute atomic E-state index is 2.71. The van der Waals surface area contributed by atoms with Gasteiger partial charge in [-0.15, -0.1) is 0 Å². The van der Waals surface area contributed by atoms with Crippen LogP contribution in [0.25, 0.3) is 66.8 Å². The summed E-state index contributed by atoms with van der Waals surface area (Å²) in [7, 11) is 0. The first kappa shape index (κ1) is 54.7. The third kappa shape index (κ3) is 8.76. The third-order valence-corrected chi connectivity index (χ3v) is 20.1. The highest BCUT2D eigenvalue weighted by atomic mass is 15.2. The van der Waals surface area contributed by atoms with Crippen LogP contribution in [0, 0.1) is 0 Å². The van der Waals surface area contributed by atoms with Crippen molar-refractivity contribution in [2.24, 2.45) is 0 Å². The molecule has 0 radical (unpaired) electrons. The summed E-state index contributed by atoms with van der Waals surface area (Å²) in [6.45, 7) is 14.0. The van der Waals surface area contributed by atoms with E-state index in [2.05, 4.69) is 349 Å². The van der Waals surface area contributed by atoms with Gasteiger partial charge in [0.1, 0.15) is 0 Å². The van der Waals surface area contributed by atoms with Crippen LogP contribution in [0.2, 0.25) is 0 Å². The summed E-state index contributed by atoms with van der Waals surface area (Å²) in [5.41, 5.74) is 35.9. The van der Waals surface area contributed by atoms with Crippen molar-refractivity contribution < 1.29 is 0 Å². The zero-order valence-corrected chi connectivity index (χ0v) is 52.4. The van der Waals surface area contributed by atoms with Gasteiger partial charge in [0, 0.05) is 56.8 Å². The average Bonchev–Trinajstić information content (AvgIpc) is 1.25. The Morgan fingerprint density at radius 3 is 0.846 bits per heavy atom. The smallest absolute Gasteiger partial charge is 0.252 e. The molecular formula is C88H69BN2. The van der Waals surface area contributed by atoms with E-state index in [4.69, 9.17) is 0 Å². The largest absolute Gasteiger partial charge is 0.310 e. The normalized spacial score (nSPS) is 13.7. The minimum absolute atomic E-state index is 0.0375. The van der Waals surface area contributed by atoms with Gasteiger partial charge in [0.2, 0.25) is 0 Å². The van der Waals surface area contributed by atoms with Gasteiger partial charge in [0.05, 0.1) is 11.4 Å². The number of hydrogen-bond donors (Lipinski definition) is 0. The Morgan fingerprint density at radius 2 is 0.549 bits per heavy atom. The number of fused-ring (bicyclic) bond motifs is 10. The maximum Gasteiger partial charge on any atom is 0.252 e. The van der Waals surface area contributed by atoms with Crippen LogP contribution in [-0.4, -0.2) is 6.71 Å². The lowest BCUT2D eigenvalue weighted by molar-refractivity contribution is 0.590. The van der Waals surface area contributed by atoms with Gasteiger partial charge >= 0.3 is 0 Å². The lowest BCUT2D eigenvalue weighted by atomic mass is 9.33. The molecule has 0 atom stereocenters. The fourth-order valence-corrected chi connectivity index (χ4v) is 15.8. The molecule has 0 unspecified atom stereocenters. The molecule has 434 valence electrons. The van der Waals surface area contributed by atoms with E-state index in [0.29, 0.717) is 0 Å². The van der Waals surface area contributed by atoms with Crippen LogP contribution in [0.4, 0.5) is 34.1 Å². The summed E-state index contributed by atoms with van der Waals surface area (Å²) >= 11 is 0. The van der Waals surface area contributed by atoms with Crippen LogP contribution in [0.5, 0.6) is 0 Å². The quantitative estimate of drug-likeness (QED) is 0.140. The molecule has 0 saturated heterocycles. The van der Waals surface area contributed by atoms with Gasteiger partial charge in [-0.1, -0.05) is 290 Å². The van der Waals surface area contributed by atoms with Crippen LogP contribution < -0.4 is 26.2 Å². The summed E-state index contributed by atoms with van der Waals surface area (Å²) in [4.78, 5) is 5.42. The summed E-state index contributed by atoms with van der Waals surface area (Å²) < 4.78 is 0. The topological polar surface area (TPSA) is 6.48 Å². The molecule has 13 aromatic rings. The highest BCUT2D eigenvalue weighted by Gasteiger charge is 2.46. The van der Waals surface area contributed by atoms with Crippen molar-refractivity contribution in [1.82, 2.24) is 0 Å². The first-order valence-corrected chi connectivity index (χ1v) is 32.4. The van der Waals surface area contributed by atoms with Crippen molar-refractivity contribution >= 4 is 57.2 Å². The fourth-order valence-electron chi connectivity index (χ4n) is 15.8. The van der Waals surface area contributed by atoms with E-state index >= 15 is 0 Å². The molecule has 2 aliphatic heterocycles. The number of hydrogen-bond acceptors (Lipinski definition) is 2. The van der Waals surface area contributed by atoms with Crippen LogP contribution in [0.15, 0.2) is 297 Å². The maximum atomic E-state index is 2.71. The van der Waals surface area contributed by atoms with Gasteiger partial charge in [0.15, 0.2) is 0 Å². The third-order valence-electron chi connectivity index (χ3n) is 20.1. The molecule has 2 nitrogen and oxygen atoms in total. The van der Waals surface area contributed by atoms with E-state index in [-0.39, 0.29) is 29.4 Å². The standard InChI is InChI=1S/C88H69BN2/c1-87(2,3)62-52-72(56-28-11-7-12-29-56)85(73(53-62)57-30-13-8-14-31-57)90-78-44-27-45-79-84(78)89(76-48-46-60(50-80(76)90)82-68-40-23-19-36-64(68)65-37-20-24-41-69(65)82)77-49-47-61(83-70-42-25-21-38-66(70)67-39-22-26-43-71(67)83)51-81(77)91(79)86-74(58-32-15-9-16-33-58)54-63(88(4,5)6)55-75(86)59-34-17-10-18-35-59/h7-55,82-83H,1-6H3. The van der Waals surface area contributed by atoms with Crippen molar-refractivity contribution in [3.63, 3.8) is 0 Å². The molecule has 0 spiro atoms. The van der Waals surface area contributed by atoms with Crippen molar-refractivity contribution in [2.75, 3.05) is 9.80 Å². The second-order valence-electron chi connectivity index (χ2n) is 27.5. The minimum atomic E-state index is -0.153. The Kier molecular flexibility index (Phi) is 12.7. The Bertz CT molecular complexity index is 4510. The second kappa shape index (κ2) is 21.1. The molecule has 0 fully saturated rings. The van der Waals surface area contributed by atoms with Crippen molar-refractivity contribution in [3.05, 3.63) is 342 Å².